The van der Waals surface area contributed by atoms with E-state index in [2.05, 4.69) is 41.2 Å². The maximum atomic E-state index is 4.87. The summed E-state index contributed by atoms with van der Waals surface area (Å²) in [5.74, 6) is 0.583. The number of rotatable bonds is 2. The lowest BCUT2D eigenvalue weighted by Crippen LogP contribution is -2.06. The van der Waals surface area contributed by atoms with Gasteiger partial charge >= 0.3 is 0 Å². The smallest absolute Gasteiger partial charge is 0.0994 e. The molecule has 3 aromatic rings. The fraction of sp³-hybridized carbons (Fsp3) is 0.250. The summed E-state index contributed by atoms with van der Waals surface area (Å²) >= 11 is 1.84. The average Bonchev–Trinajstić information content (AvgIpc) is 3.09. The Labute approximate surface area is 121 Å². The van der Waals surface area contributed by atoms with Crippen molar-refractivity contribution in [2.75, 3.05) is 0 Å². The molecule has 0 saturated heterocycles. The minimum Gasteiger partial charge on any atom is -0.348 e. The highest BCUT2D eigenvalue weighted by Crippen LogP contribution is 2.41. The van der Waals surface area contributed by atoms with E-state index in [9.17, 15) is 0 Å². The maximum absolute atomic E-state index is 4.87. The van der Waals surface area contributed by atoms with Crippen molar-refractivity contribution in [3.8, 4) is 11.3 Å². The third-order valence-electron chi connectivity index (χ3n) is 3.88. The van der Waals surface area contributed by atoms with E-state index in [0.717, 1.165) is 18.5 Å². The van der Waals surface area contributed by atoms with Crippen LogP contribution in [0.5, 0.6) is 0 Å². The number of hydrogen-bond donors (Lipinski definition) is 1. The van der Waals surface area contributed by atoms with E-state index in [0.29, 0.717) is 5.92 Å². The van der Waals surface area contributed by atoms with Gasteiger partial charge in [0.1, 0.15) is 0 Å². The number of fused-ring (bicyclic) bond motifs is 3. The summed E-state index contributed by atoms with van der Waals surface area (Å²) in [6.07, 6.45) is 5.54. The Morgan fingerprint density at radius 1 is 1.35 bits per heavy atom. The molecule has 0 saturated carbocycles. The SMILES string of the molecule is CC1Cc2sc(Cc3cnc[nH]3)nc2-c2ccccc21. The number of nitrogens with one attached hydrogen (secondary N) is 1. The summed E-state index contributed by atoms with van der Waals surface area (Å²) in [4.78, 5) is 13.5. The van der Waals surface area contributed by atoms with Crippen LogP contribution in [-0.4, -0.2) is 15.0 Å². The largest absolute Gasteiger partial charge is 0.348 e. The summed E-state index contributed by atoms with van der Waals surface area (Å²) in [7, 11) is 0. The van der Waals surface area contributed by atoms with Crippen molar-refractivity contribution >= 4 is 11.3 Å². The van der Waals surface area contributed by atoms with Crippen molar-refractivity contribution < 1.29 is 0 Å². The molecule has 4 heteroatoms. The Kier molecular flexibility index (Phi) is 2.70. The van der Waals surface area contributed by atoms with Crippen LogP contribution in [0, 0.1) is 0 Å². The number of thiazole rings is 1. The minimum atomic E-state index is 0.583. The van der Waals surface area contributed by atoms with Crippen LogP contribution in [0.4, 0.5) is 0 Å². The fourth-order valence-corrected chi connectivity index (χ4v) is 4.13. The Balaban J connectivity index is 1.77. The zero-order valence-electron chi connectivity index (χ0n) is 11.3. The second kappa shape index (κ2) is 4.56. The first-order chi connectivity index (χ1) is 9.81. The van der Waals surface area contributed by atoms with E-state index in [1.54, 1.807) is 6.33 Å². The predicted octanol–water partition coefficient (Wildman–Crippen LogP) is 3.78. The summed E-state index contributed by atoms with van der Waals surface area (Å²) in [6, 6.07) is 8.66. The highest BCUT2D eigenvalue weighted by atomic mass is 32.1. The molecule has 1 aliphatic rings. The molecule has 2 aromatic heterocycles. The molecule has 1 unspecified atom stereocenters. The van der Waals surface area contributed by atoms with Crippen LogP contribution in [0.25, 0.3) is 11.3 Å². The van der Waals surface area contributed by atoms with Gasteiger partial charge in [-0.25, -0.2) is 9.97 Å². The molecule has 0 amide bonds. The summed E-state index contributed by atoms with van der Waals surface area (Å²) in [5, 5.41) is 1.17. The molecule has 2 heterocycles. The predicted molar refractivity (Wildman–Crippen MR) is 81.1 cm³/mol. The van der Waals surface area contributed by atoms with Crippen molar-refractivity contribution in [2.24, 2.45) is 0 Å². The van der Waals surface area contributed by atoms with Gasteiger partial charge in [0, 0.05) is 28.8 Å². The highest BCUT2D eigenvalue weighted by Gasteiger charge is 2.25. The van der Waals surface area contributed by atoms with E-state index >= 15 is 0 Å². The van der Waals surface area contributed by atoms with Gasteiger partial charge in [0.05, 0.1) is 17.0 Å². The lowest BCUT2D eigenvalue weighted by molar-refractivity contribution is 0.756. The third kappa shape index (κ3) is 1.88. The van der Waals surface area contributed by atoms with Crippen molar-refractivity contribution in [2.45, 2.75) is 25.7 Å². The molecular weight excluding hydrogens is 266 g/mol. The van der Waals surface area contributed by atoms with Gasteiger partial charge < -0.3 is 4.98 Å². The zero-order valence-corrected chi connectivity index (χ0v) is 12.1. The monoisotopic (exact) mass is 281 g/mol. The van der Waals surface area contributed by atoms with Crippen molar-refractivity contribution in [1.29, 1.82) is 0 Å². The van der Waals surface area contributed by atoms with Crippen LogP contribution in [-0.2, 0) is 12.8 Å². The quantitative estimate of drug-likeness (QED) is 0.776. The van der Waals surface area contributed by atoms with Gasteiger partial charge in [-0.05, 0) is 17.9 Å². The van der Waals surface area contributed by atoms with E-state index in [1.165, 1.54) is 26.7 Å². The Bertz CT molecular complexity index is 743. The van der Waals surface area contributed by atoms with Gasteiger partial charge in [-0.3, -0.25) is 0 Å². The van der Waals surface area contributed by atoms with Crippen LogP contribution in [0.1, 0.15) is 34.0 Å². The number of nitrogens with zero attached hydrogens (tertiary/aromatic N) is 2. The highest BCUT2D eigenvalue weighted by molar-refractivity contribution is 7.12. The molecule has 3 nitrogen and oxygen atoms in total. The molecular formula is C16H15N3S. The van der Waals surface area contributed by atoms with Gasteiger partial charge in [0.25, 0.3) is 0 Å². The van der Waals surface area contributed by atoms with Crippen molar-refractivity contribution in [3.05, 3.63) is 57.9 Å². The molecule has 0 spiro atoms. The van der Waals surface area contributed by atoms with E-state index in [1.807, 2.05) is 17.5 Å². The third-order valence-corrected chi connectivity index (χ3v) is 4.95. The summed E-state index contributed by atoms with van der Waals surface area (Å²) in [6.45, 7) is 2.30. The van der Waals surface area contributed by atoms with E-state index < -0.39 is 0 Å². The van der Waals surface area contributed by atoms with Gasteiger partial charge in [0.2, 0.25) is 0 Å². The number of benzene rings is 1. The lowest BCUT2D eigenvalue weighted by Gasteiger charge is -2.21. The van der Waals surface area contributed by atoms with Crippen LogP contribution in [0.2, 0.25) is 0 Å². The molecule has 1 atom stereocenters. The molecule has 1 aliphatic carbocycles. The minimum absolute atomic E-state index is 0.583. The van der Waals surface area contributed by atoms with Crippen LogP contribution < -0.4 is 0 Å². The van der Waals surface area contributed by atoms with Crippen molar-refractivity contribution in [1.82, 2.24) is 15.0 Å². The second-order valence-corrected chi connectivity index (χ2v) is 6.49. The van der Waals surface area contributed by atoms with Gasteiger partial charge in [0.15, 0.2) is 0 Å². The Morgan fingerprint density at radius 2 is 2.25 bits per heavy atom. The molecule has 0 radical (unpaired) electrons. The van der Waals surface area contributed by atoms with E-state index in [-0.39, 0.29) is 0 Å². The van der Waals surface area contributed by atoms with Gasteiger partial charge in [-0.1, -0.05) is 31.2 Å². The first-order valence-corrected chi connectivity index (χ1v) is 7.68. The fourth-order valence-electron chi connectivity index (χ4n) is 2.90. The normalized spacial score (nSPS) is 16.8. The number of hydrogen-bond acceptors (Lipinski definition) is 3. The molecule has 0 fully saturated rings. The Hall–Kier alpha value is -1.94. The number of imidazole rings is 1. The second-order valence-electron chi connectivity index (χ2n) is 5.33. The molecule has 1 N–H and O–H groups in total. The zero-order chi connectivity index (χ0) is 13.5. The number of H-pyrrole nitrogens is 1. The molecule has 0 aliphatic heterocycles. The van der Waals surface area contributed by atoms with Crippen molar-refractivity contribution in [3.63, 3.8) is 0 Å². The van der Waals surface area contributed by atoms with E-state index in [4.69, 9.17) is 4.98 Å². The summed E-state index contributed by atoms with van der Waals surface area (Å²) < 4.78 is 0. The first-order valence-electron chi connectivity index (χ1n) is 6.86. The standard InChI is InChI=1S/C16H15N3S/c1-10-6-14-16(13-5-3-2-4-12(10)13)19-15(20-14)7-11-8-17-9-18-11/h2-5,8-10H,6-7H2,1H3,(H,17,18). The summed E-state index contributed by atoms with van der Waals surface area (Å²) in [5.41, 5.74) is 5.06. The first kappa shape index (κ1) is 11.9. The topological polar surface area (TPSA) is 41.6 Å². The average molecular weight is 281 g/mol. The van der Waals surface area contributed by atoms with Crippen LogP contribution in [0.15, 0.2) is 36.8 Å². The van der Waals surface area contributed by atoms with Crippen LogP contribution >= 0.6 is 11.3 Å². The molecule has 0 bridgehead atoms. The lowest BCUT2D eigenvalue weighted by atomic mass is 9.86. The Morgan fingerprint density at radius 3 is 3.10 bits per heavy atom. The van der Waals surface area contributed by atoms with Gasteiger partial charge in [-0.15, -0.1) is 11.3 Å². The maximum Gasteiger partial charge on any atom is 0.0994 e. The van der Waals surface area contributed by atoms with Crippen LogP contribution in [0.3, 0.4) is 0 Å². The number of aromatic nitrogens is 3. The molecule has 100 valence electrons. The number of aromatic amines is 1. The molecule has 1 aromatic carbocycles. The molecule has 20 heavy (non-hydrogen) atoms. The molecule has 4 rings (SSSR count). The van der Waals surface area contributed by atoms with Gasteiger partial charge in [-0.2, -0.15) is 0 Å².